The predicted molar refractivity (Wildman–Crippen MR) is 115 cm³/mol. The lowest BCUT2D eigenvalue weighted by molar-refractivity contribution is -0.122. The molecule has 2 N–H and O–H groups in total. The van der Waals surface area contributed by atoms with Crippen LogP contribution in [0.25, 0.3) is 11.1 Å². The topological polar surface area (TPSA) is 67.4 Å². The van der Waals surface area contributed by atoms with Crippen LogP contribution >= 0.6 is 0 Å². The molecule has 148 valence electrons. The van der Waals surface area contributed by atoms with E-state index in [-0.39, 0.29) is 11.8 Å². The van der Waals surface area contributed by atoms with Crippen LogP contribution in [0.2, 0.25) is 0 Å². The van der Waals surface area contributed by atoms with E-state index in [9.17, 15) is 9.59 Å². The number of amides is 2. The molecule has 2 amide bonds. The lowest BCUT2D eigenvalue weighted by atomic mass is 10.1. The first-order valence-corrected chi connectivity index (χ1v) is 9.56. The number of carbonyl (C=O) groups excluding carboxylic acids is 2. The Morgan fingerprint density at radius 2 is 1.48 bits per heavy atom. The number of carbonyl (C=O) groups is 2. The highest BCUT2D eigenvalue weighted by atomic mass is 16.5. The lowest BCUT2D eigenvalue weighted by Crippen LogP contribution is -2.32. The zero-order chi connectivity index (χ0) is 20.6. The van der Waals surface area contributed by atoms with Crippen LogP contribution < -0.4 is 15.4 Å². The van der Waals surface area contributed by atoms with E-state index in [4.69, 9.17) is 4.74 Å². The monoisotopic (exact) mass is 388 g/mol. The quantitative estimate of drug-likeness (QED) is 0.626. The molecule has 1 atom stereocenters. The molecule has 0 fully saturated rings. The van der Waals surface area contributed by atoms with Gasteiger partial charge in [-0.1, -0.05) is 49.4 Å². The number of ether oxygens (including phenoxy) is 1. The summed E-state index contributed by atoms with van der Waals surface area (Å²) in [5.41, 5.74) is 3.37. The Bertz CT molecular complexity index is 952. The molecule has 0 radical (unpaired) electrons. The average molecular weight is 388 g/mol. The largest absolute Gasteiger partial charge is 0.481 e. The molecule has 0 aliphatic carbocycles. The first kappa shape index (κ1) is 20.1. The second kappa shape index (κ2) is 9.55. The van der Waals surface area contributed by atoms with Crippen LogP contribution in [0.5, 0.6) is 5.75 Å². The third-order valence-corrected chi connectivity index (χ3v) is 4.54. The fourth-order valence-corrected chi connectivity index (χ4v) is 2.92. The van der Waals surface area contributed by atoms with Crippen LogP contribution in [0.4, 0.5) is 5.69 Å². The zero-order valence-electron chi connectivity index (χ0n) is 16.5. The highest BCUT2D eigenvalue weighted by Crippen LogP contribution is 2.23. The van der Waals surface area contributed by atoms with Gasteiger partial charge < -0.3 is 15.4 Å². The molecule has 1 unspecified atom stereocenters. The molecule has 29 heavy (non-hydrogen) atoms. The zero-order valence-corrected chi connectivity index (χ0v) is 16.5. The molecule has 3 rings (SSSR count). The summed E-state index contributed by atoms with van der Waals surface area (Å²) in [6.45, 7) is 1.90. The summed E-state index contributed by atoms with van der Waals surface area (Å²) in [5.74, 6) is 0.241. The van der Waals surface area contributed by atoms with Gasteiger partial charge in [0.2, 0.25) is 0 Å². The summed E-state index contributed by atoms with van der Waals surface area (Å²) < 4.78 is 5.89. The molecule has 0 aliphatic heterocycles. The molecule has 3 aromatic rings. The van der Waals surface area contributed by atoms with Gasteiger partial charge in [0.15, 0.2) is 6.10 Å². The Kier molecular flexibility index (Phi) is 6.63. The summed E-state index contributed by atoms with van der Waals surface area (Å²) in [6.07, 6.45) is -0.0843. The number of benzene rings is 3. The van der Waals surface area contributed by atoms with Crippen LogP contribution in [0, 0.1) is 0 Å². The van der Waals surface area contributed by atoms with Crippen LogP contribution in [0.1, 0.15) is 23.7 Å². The second-order valence-electron chi connectivity index (χ2n) is 6.55. The van der Waals surface area contributed by atoms with Gasteiger partial charge in [0, 0.05) is 18.3 Å². The van der Waals surface area contributed by atoms with Gasteiger partial charge in [-0.25, -0.2) is 0 Å². The Morgan fingerprint density at radius 1 is 0.862 bits per heavy atom. The molecule has 0 saturated heterocycles. The van der Waals surface area contributed by atoms with Crippen molar-refractivity contribution in [3.05, 3.63) is 84.4 Å². The number of nitrogens with one attached hydrogen (secondary N) is 2. The molecule has 0 aromatic heterocycles. The summed E-state index contributed by atoms with van der Waals surface area (Å²) in [7, 11) is 1.58. The molecule has 3 aromatic carbocycles. The van der Waals surface area contributed by atoms with Gasteiger partial charge >= 0.3 is 0 Å². The van der Waals surface area contributed by atoms with Gasteiger partial charge in [0.05, 0.1) is 0 Å². The summed E-state index contributed by atoms with van der Waals surface area (Å²) in [4.78, 5) is 24.2. The van der Waals surface area contributed by atoms with E-state index < -0.39 is 6.10 Å². The van der Waals surface area contributed by atoms with Crippen molar-refractivity contribution in [1.29, 1.82) is 0 Å². The molecular formula is C24H24N2O3. The first-order chi connectivity index (χ1) is 14.1. The van der Waals surface area contributed by atoms with E-state index in [1.165, 1.54) is 0 Å². The molecule has 0 aliphatic rings. The minimum absolute atomic E-state index is 0.170. The Balaban J connectivity index is 1.63. The fourth-order valence-electron chi connectivity index (χ4n) is 2.92. The predicted octanol–water partition coefficient (Wildman–Crippen LogP) is 4.51. The van der Waals surface area contributed by atoms with Crippen molar-refractivity contribution in [3.8, 4) is 16.9 Å². The molecule has 5 heteroatoms. The van der Waals surface area contributed by atoms with Crippen molar-refractivity contribution < 1.29 is 14.3 Å². The van der Waals surface area contributed by atoms with Crippen molar-refractivity contribution >= 4 is 17.5 Å². The standard InChI is InChI=1S/C24H24N2O3/c1-3-22(24(28)26-20-13-9-19(10-14-20)23(27)25-2)29-21-15-11-18(12-16-21)17-7-5-4-6-8-17/h4-16,22H,3H2,1-2H3,(H,25,27)(H,26,28). The Morgan fingerprint density at radius 3 is 2.07 bits per heavy atom. The number of hydrogen-bond donors (Lipinski definition) is 2. The molecule has 0 saturated carbocycles. The van der Waals surface area contributed by atoms with E-state index in [0.29, 0.717) is 23.4 Å². The van der Waals surface area contributed by atoms with Crippen LogP contribution in [-0.2, 0) is 4.79 Å². The number of hydrogen-bond acceptors (Lipinski definition) is 3. The minimum Gasteiger partial charge on any atom is -0.481 e. The summed E-state index contributed by atoms with van der Waals surface area (Å²) >= 11 is 0. The van der Waals surface area contributed by atoms with Gasteiger partial charge in [-0.3, -0.25) is 9.59 Å². The van der Waals surface area contributed by atoms with Gasteiger partial charge in [0.1, 0.15) is 5.75 Å². The van der Waals surface area contributed by atoms with Gasteiger partial charge in [-0.05, 0) is 53.9 Å². The summed E-state index contributed by atoms with van der Waals surface area (Å²) in [5, 5.41) is 5.40. The molecule has 5 nitrogen and oxygen atoms in total. The highest BCUT2D eigenvalue weighted by molar-refractivity contribution is 5.96. The number of anilines is 1. The SMILES string of the molecule is CCC(Oc1ccc(-c2ccccc2)cc1)C(=O)Nc1ccc(C(=O)NC)cc1. The van der Waals surface area contributed by atoms with E-state index >= 15 is 0 Å². The second-order valence-corrected chi connectivity index (χ2v) is 6.55. The van der Waals surface area contributed by atoms with E-state index in [2.05, 4.69) is 10.6 Å². The lowest BCUT2D eigenvalue weighted by Gasteiger charge is -2.17. The van der Waals surface area contributed by atoms with Crippen molar-refractivity contribution in [1.82, 2.24) is 5.32 Å². The van der Waals surface area contributed by atoms with E-state index in [1.54, 1.807) is 31.3 Å². The van der Waals surface area contributed by atoms with Crippen molar-refractivity contribution in [2.24, 2.45) is 0 Å². The third kappa shape index (κ3) is 5.23. The van der Waals surface area contributed by atoms with E-state index in [1.807, 2.05) is 61.5 Å². The maximum absolute atomic E-state index is 12.6. The van der Waals surface area contributed by atoms with Crippen molar-refractivity contribution in [2.75, 3.05) is 12.4 Å². The third-order valence-electron chi connectivity index (χ3n) is 4.54. The summed E-state index contributed by atoms with van der Waals surface area (Å²) in [6, 6.07) is 24.5. The van der Waals surface area contributed by atoms with Gasteiger partial charge in [0.25, 0.3) is 11.8 Å². The molecule has 0 heterocycles. The van der Waals surface area contributed by atoms with E-state index in [0.717, 1.165) is 11.1 Å². The molecular weight excluding hydrogens is 364 g/mol. The normalized spacial score (nSPS) is 11.4. The van der Waals surface area contributed by atoms with Crippen molar-refractivity contribution in [3.63, 3.8) is 0 Å². The van der Waals surface area contributed by atoms with Crippen LogP contribution in [0.3, 0.4) is 0 Å². The van der Waals surface area contributed by atoms with Crippen LogP contribution in [-0.4, -0.2) is 25.0 Å². The average Bonchev–Trinajstić information content (AvgIpc) is 2.78. The molecule has 0 bridgehead atoms. The van der Waals surface area contributed by atoms with Gasteiger partial charge in [-0.2, -0.15) is 0 Å². The smallest absolute Gasteiger partial charge is 0.265 e. The van der Waals surface area contributed by atoms with Crippen LogP contribution in [0.15, 0.2) is 78.9 Å². The number of rotatable bonds is 7. The maximum Gasteiger partial charge on any atom is 0.265 e. The van der Waals surface area contributed by atoms with Gasteiger partial charge in [-0.15, -0.1) is 0 Å². The first-order valence-electron chi connectivity index (χ1n) is 9.56. The highest BCUT2D eigenvalue weighted by Gasteiger charge is 2.18. The fraction of sp³-hybridized carbons (Fsp3) is 0.167. The maximum atomic E-state index is 12.6. The van der Waals surface area contributed by atoms with Crippen molar-refractivity contribution in [2.45, 2.75) is 19.4 Å². The molecule has 0 spiro atoms. The Hall–Kier alpha value is -3.60. The Labute approximate surface area is 170 Å². The minimum atomic E-state index is -0.615.